The maximum Gasteiger partial charge on any atom is 0.0378 e. The van der Waals surface area contributed by atoms with Gasteiger partial charge in [0.05, 0.1) is 0 Å². The van der Waals surface area contributed by atoms with E-state index >= 15 is 0 Å². The van der Waals surface area contributed by atoms with Gasteiger partial charge in [0.15, 0.2) is 0 Å². The molecule has 0 aliphatic heterocycles. The Bertz CT molecular complexity index is 236. The van der Waals surface area contributed by atoms with E-state index in [-0.39, 0.29) is 0 Å². The Morgan fingerprint density at radius 2 is 1.83 bits per heavy atom. The van der Waals surface area contributed by atoms with Crippen molar-refractivity contribution in [2.24, 2.45) is 5.73 Å². The van der Waals surface area contributed by atoms with Gasteiger partial charge in [-0.2, -0.15) is 0 Å². The van der Waals surface area contributed by atoms with Gasteiger partial charge < -0.3 is 5.73 Å². The van der Waals surface area contributed by atoms with Gasteiger partial charge in [0.2, 0.25) is 0 Å². The molecule has 0 saturated heterocycles. The molecule has 0 radical (unpaired) electrons. The molecule has 1 aromatic heterocycles. The lowest BCUT2D eigenvalue weighted by atomic mass is 10.1. The number of nitrogens with zero attached hydrogens (tertiary/aromatic N) is 1. The molecular weight excluding hydrogens is 148 g/mol. The van der Waals surface area contributed by atoms with Crippen molar-refractivity contribution in [2.75, 3.05) is 6.54 Å². The maximum absolute atomic E-state index is 5.44. The number of rotatable bonds is 3. The van der Waals surface area contributed by atoms with E-state index < -0.39 is 0 Å². The highest BCUT2D eigenvalue weighted by molar-refractivity contribution is 5.20. The third-order valence-corrected chi connectivity index (χ3v) is 1.81. The summed E-state index contributed by atoms with van der Waals surface area (Å²) >= 11 is 0. The first kappa shape index (κ1) is 9.20. The monoisotopic (exact) mass is 164 g/mol. The van der Waals surface area contributed by atoms with E-state index in [1.54, 1.807) is 0 Å². The lowest BCUT2D eigenvalue weighted by Crippen LogP contribution is -2.01. The molecule has 0 spiro atoms. The van der Waals surface area contributed by atoms with Crippen LogP contribution in [0.4, 0.5) is 0 Å². The molecule has 0 saturated carbocycles. The van der Waals surface area contributed by atoms with Crippen LogP contribution in [0.2, 0.25) is 0 Å². The molecule has 1 rings (SSSR count). The minimum atomic E-state index is 0.764. The minimum Gasteiger partial charge on any atom is -0.330 e. The van der Waals surface area contributed by atoms with Gasteiger partial charge in [0.1, 0.15) is 0 Å². The zero-order chi connectivity index (χ0) is 8.97. The lowest BCUT2D eigenvalue weighted by molar-refractivity contribution is 0.827. The predicted octanol–water partition coefficient (Wildman–Crippen LogP) is 1.59. The summed E-state index contributed by atoms with van der Waals surface area (Å²) in [6.45, 7) is 4.82. The summed E-state index contributed by atoms with van der Waals surface area (Å²) in [5.41, 5.74) is 8.99. The Labute approximate surface area is 73.8 Å². The van der Waals surface area contributed by atoms with Gasteiger partial charge in [-0.1, -0.05) is 0 Å². The molecule has 2 N–H and O–H groups in total. The van der Waals surface area contributed by atoms with E-state index in [0.29, 0.717) is 0 Å². The zero-order valence-corrected chi connectivity index (χ0v) is 7.80. The summed E-state index contributed by atoms with van der Waals surface area (Å²) in [5.74, 6) is 0. The van der Waals surface area contributed by atoms with Gasteiger partial charge in [-0.05, 0) is 50.9 Å². The summed E-state index contributed by atoms with van der Waals surface area (Å²) in [6.07, 6.45) is 2.13. The molecule has 2 nitrogen and oxygen atoms in total. The second-order valence-corrected chi connectivity index (χ2v) is 3.15. The first-order valence-electron chi connectivity index (χ1n) is 4.36. The zero-order valence-electron chi connectivity index (χ0n) is 7.80. The normalized spacial score (nSPS) is 10.2. The summed E-state index contributed by atoms with van der Waals surface area (Å²) in [5, 5.41) is 0. The maximum atomic E-state index is 5.44. The standard InChI is InChI=1S/C10H16N2/c1-8-6-10(4-3-5-11)7-9(2)12-8/h6-7H,3-5,11H2,1-2H3. The lowest BCUT2D eigenvalue weighted by Gasteiger charge is -2.02. The Morgan fingerprint density at radius 3 is 2.33 bits per heavy atom. The van der Waals surface area contributed by atoms with Crippen LogP contribution >= 0.6 is 0 Å². The molecule has 0 bridgehead atoms. The molecule has 0 aliphatic rings. The van der Waals surface area contributed by atoms with Crippen molar-refractivity contribution >= 4 is 0 Å². The number of aryl methyl sites for hydroxylation is 3. The third-order valence-electron chi connectivity index (χ3n) is 1.81. The molecule has 0 fully saturated rings. The van der Waals surface area contributed by atoms with Crippen molar-refractivity contribution in [3.05, 3.63) is 29.1 Å². The smallest absolute Gasteiger partial charge is 0.0378 e. The average Bonchev–Trinajstić information content (AvgIpc) is 1.99. The van der Waals surface area contributed by atoms with Crippen LogP contribution in [-0.4, -0.2) is 11.5 Å². The van der Waals surface area contributed by atoms with Gasteiger partial charge in [-0.25, -0.2) is 0 Å². The van der Waals surface area contributed by atoms with Crippen molar-refractivity contribution in [1.82, 2.24) is 4.98 Å². The van der Waals surface area contributed by atoms with Crippen molar-refractivity contribution in [3.63, 3.8) is 0 Å². The van der Waals surface area contributed by atoms with Gasteiger partial charge in [-0.3, -0.25) is 4.98 Å². The molecule has 0 amide bonds. The van der Waals surface area contributed by atoms with Gasteiger partial charge in [-0.15, -0.1) is 0 Å². The molecule has 2 heteroatoms. The van der Waals surface area contributed by atoms with E-state index in [9.17, 15) is 0 Å². The summed E-state index contributed by atoms with van der Waals surface area (Å²) < 4.78 is 0. The minimum absolute atomic E-state index is 0.764. The van der Waals surface area contributed by atoms with Crippen molar-refractivity contribution in [1.29, 1.82) is 0 Å². The van der Waals surface area contributed by atoms with Crippen LogP contribution in [0.3, 0.4) is 0 Å². The van der Waals surface area contributed by atoms with Crippen LogP contribution in [0.1, 0.15) is 23.4 Å². The van der Waals surface area contributed by atoms with Crippen molar-refractivity contribution in [2.45, 2.75) is 26.7 Å². The Morgan fingerprint density at radius 1 is 1.25 bits per heavy atom. The predicted molar refractivity (Wildman–Crippen MR) is 51.1 cm³/mol. The highest BCUT2D eigenvalue weighted by Crippen LogP contribution is 2.06. The largest absolute Gasteiger partial charge is 0.330 e. The third kappa shape index (κ3) is 2.62. The fraction of sp³-hybridized carbons (Fsp3) is 0.500. The average molecular weight is 164 g/mol. The second-order valence-electron chi connectivity index (χ2n) is 3.15. The fourth-order valence-electron chi connectivity index (χ4n) is 1.37. The quantitative estimate of drug-likeness (QED) is 0.736. The molecule has 0 unspecified atom stereocenters. The topological polar surface area (TPSA) is 38.9 Å². The molecule has 0 aliphatic carbocycles. The van der Waals surface area contributed by atoms with E-state index in [4.69, 9.17) is 5.73 Å². The molecular formula is C10H16N2. The van der Waals surface area contributed by atoms with Gasteiger partial charge >= 0.3 is 0 Å². The molecule has 0 atom stereocenters. The van der Waals surface area contributed by atoms with E-state index in [2.05, 4.69) is 17.1 Å². The summed E-state index contributed by atoms with van der Waals surface area (Å²) in [7, 11) is 0. The van der Waals surface area contributed by atoms with Crippen LogP contribution in [0, 0.1) is 13.8 Å². The van der Waals surface area contributed by atoms with Crippen LogP contribution in [0.25, 0.3) is 0 Å². The van der Waals surface area contributed by atoms with E-state index in [0.717, 1.165) is 30.8 Å². The van der Waals surface area contributed by atoms with E-state index in [1.165, 1.54) is 5.56 Å². The Kier molecular flexibility index (Phi) is 3.23. The Hall–Kier alpha value is -0.890. The summed E-state index contributed by atoms with van der Waals surface area (Å²) in [4.78, 5) is 4.31. The molecule has 1 aromatic rings. The highest BCUT2D eigenvalue weighted by Gasteiger charge is 1.95. The van der Waals surface area contributed by atoms with Gasteiger partial charge in [0, 0.05) is 11.4 Å². The van der Waals surface area contributed by atoms with E-state index in [1.807, 2.05) is 13.8 Å². The van der Waals surface area contributed by atoms with Crippen LogP contribution in [0.5, 0.6) is 0 Å². The molecule has 12 heavy (non-hydrogen) atoms. The highest BCUT2D eigenvalue weighted by atomic mass is 14.7. The first-order valence-corrected chi connectivity index (χ1v) is 4.36. The van der Waals surface area contributed by atoms with Crippen LogP contribution in [-0.2, 0) is 6.42 Å². The van der Waals surface area contributed by atoms with Crippen molar-refractivity contribution in [3.8, 4) is 0 Å². The molecule has 66 valence electrons. The number of pyridine rings is 1. The summed E-state index contributed by atoms with van der Waals surface area (Å²) in [6, 6.07) is 4.26. The molecule has 1 heterocycles. The number of hydrogen-bond acceptors (Lipinski definition) is 2. The number of hydrogen-bond donors (Lipinski definition) is 1. The van der Waals surface area contributed by atoms with Crippen LogP contribution < -0.4 is 5.73 Å². The number of nitrogens with two attached hydrogens (primary N) is 1. The van der Waals surface area contributed by atoms with Crippen LogP contribution in [0.15, 0.2) is 12.1 Å². The Balaban J connectivity index is 2.72. The number of aromatic nitrogens is 1. The first-order chi connectivity index (χ1) is 5.72. The molecule has 0 aromatic carbocycles. The second kappa shape index (κ2) is 4.21. The SMILES string of the molecule is Cc1cc(CCCN)cc(C)n1. The van der Waals surface area contributed by atoms with Crippen molar-refractivity contribution < 1.29 is 0 Å². The fourth-order valence-corrected chi connectivity index (χ4v) is 1.37. The van der Waals surface area contributed by atoms with Gasteiger partial charge in [0.25, 0.3) is 0 Å².